The summed E-state index contributed by atoms with van der Waals surface area (Å²) < 4.78 is 0.866. The first-order valence-corrected chi connectivity index (χ1v) is 8.23. The van der Waals surface area contributed by atoms with Crippen molar-refractivity contribution in [2.24, 2.45) is 0 Å². The predicted octanol–water partition coefficient (Wildman–Crippen LogP) is 5.20. The van der Waals surface area contributed by atoms with Crippen LogP contribution >= 0.6 is 38.9 Å². The first-order valence-electron chi connectivity index (χ1n) is 6.25. The van der Waals surface area contributed by atoms with E-state index in [4.69, 9.17) is 11.6 Å². The number of hydrogen-bond acceptors (Lipinski definition) is 5. The Morgan fingerprint density at radius 3 is 2.76 bits per heavy atom. The molecule has 0 aliphatic rings. The number of thiophene rings is 1. The maximum Gasteiger partial charge on any atom is 0.225 e. The van der Waals surface area contributed by atoms with E-state index < -0.39 is 0 Å². The Morgan fingerprint density at radius 2 is 2.05 bits per heavy atom. The zero-order valence-corrected chi connectivity index (χ0v) is 14.5. The lowest BCUT2D eigenvalue weighted by atomic mass is 10.3. The van der Waals surface area contributed by atoms with Crippen LogP contribution in [0.1, 0.15) is 4.88 Å². The molecule has 0 aliphatic heterocycles. The Morgan fingerprint density at radius 1 is 1.24 bits per heavy atom. The number of rotatable bonds is 3. The first kappa shape index (κ1) is 14.6. The van der Waals surface area contributed by atoms with Crippen molar-refractivity contribution in [2.45, 2.75) is 6.92 Å². The van der Waals surface area contributed by atoms with Gasteiger partial charge in [-0.05, 0) is 47.1 Å². The Balaban J connectivity index is 2.07. The molecule has 0 fully saturated rings. The minimum atomic E-state index is 0.593. The van der Waals surface area contributed by atoms with Crippen molar-refractivity contribution >= 4 is 66.5 Å². The number of hydrogen-bond donors (Lipinski definition) is 2. The van der Waals surface area contributed by atoms with Crippen LogP contribution < -0.4 is 10.6 Å². The summed E-state index contributed by atoms with van der Waals surface area (Å²) in [4.78, 5) is 11.1. The lowest BCUT2D eigenvalue weighted by Crippen LogP contribution is -2.00. The van der Waals surface area contributed by atoms with Gasteiger partial charge in [0.05, 0.1) is 10.4 Å². The lowest BCUT2D eigenvalue weighted by Gasteiger charge is -2.09. The highest BCUT2D eigenvalue weighted by Gasteiger charge is 2.11. The van der Waals surface area contributed by atoms with Gasteiger partial charge in [-0.15, -0.1) is 11.3 Å². The molecule has 3 aromatic rings. The van der Waals surface area contributed by atoms with E-state index in [1.54, 1.807) is 11.3 Å². The highest BCUT2D eigenvalue weighted by Crippen LogP contribution is 2.32. The monoisotopic (exact) mass is 382 g/mol. The van der Waals surface area contributed by atoms with Crippen LogP contribution in [0.5, 0.6) is 0 Å². The third-order valence-electron chi connectivity index (χ3n) is 2.92. The van der Waals surface area contributed by atoms with E-state index in [0.29, 0.717) is 11.0 Å². The summed E-state index contributed by atoms with van der Waals surface area (Å²) in [5.41, 5.74) is 0.883. The van der Waals surface area contributed by atoms with Crippen LogP contribution in [0, 0.1) is 6.92 Å². The van der Waals surface area contributed by atoms with E-state index in [-0.39, 0.29) is 0 Å². The van der Waals surface area contributed by atoms with E-state index in [2.05, 4.69) is 49.5 Å². The molecule has 0 saturated heterocycles. The van der Waals surface area contributed by atoms with Gasteiger partial charge in [0, 0.05) is 22.1 Å². The van der Waals surface area contributed by atoms with E-state index in [1.807, 2.05) is 25.2 Å². The fourth-order valence-electron chi connectivity index (χ4n) is 1.96. The molecular formula is C14H12BrClN4S. The van der Waals surface area contributed by atoms with Crippen molar-refractivity contribution in [1.82, 2.24) is 9.97 Å². The van der Waals surface area contributed by atoms with Gasteiger partial charge in [-0.3, -0.25) is 0 Å². The molecule has 4 nitrogen and oxygen atoms in total. The average Bonchev–Trinajstić information content (AvgIpc) is 2.83. The standard InChI is InChI=1S/C14H12BrClN4S/c1-7-5-9-12(19-14(17-2)20-13(9)21-7)18-8-3-4-10(15)11(16)6-8/h3-6H,1-2H3,(H2,17,18,19,20). The highest BCUT2D eigenvalue weighted by molar-refractivity contribution is 9.10. The minimum absolute atomic E-state index is 0.593. The molecule has 0 saturated carbocycles. The van der Waals surface area contributed by atoms with Crippen LogP contribution in [0.4, 0.5) is 17.5 Å². The third-order valence-corrected chi connectivity index (χ3v) is 5.10. The maximum absolute atomic E-state index is 6.13. The van der Waals surface area contributed by atoms with E-state index in [9.17, 15) is 0 Å². The number of anilines is 3. The summed E-state index contributed by atoms with van der Waals surface area (Å²) in [7, 11) is 1.81. The number of halogens is 2. The lowest BCUT2D eigenvalue weighted by molar-refractivity contribution is 1.20. The summed E-state index contributed by atoms with van der Waals surface area (Å²) in [5, 5.41) is 7.96. The van der Waals surface area contributed by atoms with Crippen molar-refractivity contribution < 1.29 is 0 Å². The van der Waals surface area contributed by atoms with E-state index >= 15 is 0 Å². The molecule has 7 heteroatoms. The van der Waals surface area contributed by atoms with Gasteiger partial charge in [0.2, 0.25) is 5.95 Å². The Kier molecular flexibility index (Phi) is 4.01. The Bertz CT molecular complexity index is 818. The normalized spacial score (nSPS) is 10.9. The predicted molar refractivity (Wildman–Crippen MR) is 94.1 cm³/mol. The molecule has 21 heavy (non-hydrogen) atoms. The molecule has 2 N–H and O–H groups in total. The van der Waals surface area contributed by atoms with Crippen LogP contribution in [0.25, 0.3) is 10.2 Å². The van der Waals surface area contributed by atoms with Crippen molar-refractivity contribution in [1.29, 1.82) is 0 Å². The van der Waals surface area contributed by atoms with Gasteiger partial charge in [-0.2, -0.15) is 4.98 Å². The zero-order chi connectivity index (χ0) is 15.0. The minimum Gasteiger partial charge on any atom is -0.357 e. The van der Waals surface area contributed by atoms with Crippen LogP contribution in [-0.2, 0) is 0 Å². The molecule has 1 aromatic carbocycles. The smallest absolute Gasteiger partial charge is 0.225 e. The van der Waals surface area contributed by atoms with Gasteiger partial charge in [-0.1, -0.05) is 11.6 Å². The SMILES string of the molecule is CNc1nc(Nc2ccc(Br)c(Cl)c2)c2cc(C)sc2n1. The number of benzene rings is 1. The largest absolute Gasteiger partial charge is 0.357 e. The number of fused-ring (bicyclic) bond motifs is 1. The number of aromatic nitrogens is 2. The van der Waals surface area contributed by atoms with Gasteiger partial charge < -0.3 is 10.6 Å². The van der Waals surface area contributed by atoms with Crippen molar-refractivity contribution in [2.75, 3.05) is 17.7 Å². The second kappa shape index (κ2) is 5.79. The fourth-order valence-corrected chi connectivity index (χ4v) is 3.27. The number of aryl methyl sites for hydroxylation is 1. The molecule has 0 radical (unpaired) electrons. The Labute approximate surface area is 139 Å². The van der Waals surface area contributed by atoms with E-state index in [0.717, 1.165) is 26.2 Å². The van der Waals surface area contributed by atoms with Gasteiger partial charge in [0.15, 0.2) is 0 Å². The second-order valence-electron chi connectivity index (χ2n) is 4.48. The topological polar surface area (TPSA) is 49.8 Å². The summed E-state index contributed by atoms with van der Waals surface area (Å²) in [6, 6.07) is 7.79. The average molecular weight is 384 g/mol. The molecular weight excluding hydrogens is 372 g/mol. The molecule has 0 unspecified atom stereocenters. The van der Waals surface area contributed by atoms with E-state index in [1.165, 1.54) is 4.88 Å². The van der Waals surface area contributed by atoms with Crippen LogP contribution in [-0.4, -0.2) is 17.0 Å². The molecule has 0 atom stereocenters. The van der Waals surface area contributed by atoms with Crippen molar-refractivity contribution in [3.05, 3.63) is 38.6 Å². The number of nitrogens with zero attached hydrogens (tertiary/aromatic N) is 2. The molecule has 108 valence electrons. The van der Waals surface area contributed by atoms with Gasteiger partial charge in [0.1, 0.15) is 10.6 Å². The molecule has 0 amide bonds. The third kappa shape index (κ3) is 2.97. The highest BCUT2D eigenvalue weighted by atomic mass is 79.9. The fraction of sp³-hybridized carbons (Fsp3) is 0.143. The van der Waals surface area contributed by atoms with Crippen LogP contribution in [0.3, 0.4) is 0 Å². The maximum atomic E-state index is 6.13. The molecule has 3 rings (SSSR count). The summed E-state index contributed by atoms with van der Waals surface area (Å²) in [6.07, 6.45) is 0. The summed E-state index contributed by atoms with van der Waals surface area (Å²) in [6.45, 7) is 2.06. The quantitative estimate of drug-likeness (QED) is 0.652. The van der Waals surface area contributed by atoms with Gasteiger partial charge in [0.25, 0.3) is 0 Å². The molecule has 0 aliphatic carbocycles. The molecule has 2 aromatic heterocycles. The van der Waals surface area contributed by atoms with Crippen LogP contribution in [0.2, 0.25) is 5.02 Å². The van der Waals surface area contributed by atoms with Crippen molar-refractivity contribution in [3.63, 3.8) is 0 Å². The van der Waals surface area contributed by atoms with Gasteiger partial charge in [-0.25, -0.2) is 4.98 Å². The zero-order valence-electron chi connectivity index (χ0n) is 11.4. The Hall–Kier alpha value is -1.37. The molecule has 0 bridgehead atoms. The number of nitrogens with one attached hydrogen (secondary N) is 2. The second-order valence-corrected chi connectivity index (χ2v) is 6.97. The molecule has 2 heterocycles. The summed E-state index contributed by atoms with van der Waals surface area (Å²) >= 11 is 11.2. The van der Waals surface area contributed by atoms with Crippen LogP contribution in [0.15, 0.2) is 28.7 Å². The molecule has 0 spiro atoms. The summed E-state index contributed by atoms with van der Waals surface area (Å²) in [5.74, 6) is 1.36. The van der Waals surface area contributed by atoms with Gasteiger partial charge >= 0.3 is 0 Å². The first-order chi connectivity index (χ1) is 10.1. The van der Waals surface area contributed by atoms with Crippen molar-refractivity contribution in [3.8, 4) is 0 Å².